The molecule has 0 bridgehead atoms. The second-order valence-corrected chi connectivity index (χ2v) is 7.11. The molecule has 0 atom stereocenters. The van der Waals surface area contributed by atoms with Crippen LogP contribution in [0.4, 0.5) is 0 Å². The summed E-state index contributed by atoms with van der Waals surface area (Å²) in [5, 5.41) is 1.24. The van der Waals surface area contributed by atoms with Crippen molar-refractivity contribution in [2.75, 3.05) is 5.75 Å². The van der Waals surface area contributed by atoms with Gasteiger partial charge >= 0.3 is 0 Å². The molecular weight excluding hydrogens is 312 g/mol. The van der Waals surface area contributed by atoms with Crippen LogP contribution >= 0.6 is 23.1 Å². The fourth-order valence-electron chi connectivity index (χ4n) is 2.35. The van der Waals surface area contributed by atoms with E-state index in [4.69, 9.17) is 6.42 Å². The zero-order valence-corrected chi connectivity index (χ0v) is 13.9. The Bertz CT molecular complexity index is 930. The molecule has 110 valence electrons. The predicted octanol–water partition coefficient (Wildman–Crippen LogP) is 3.99. The SMILES string of the molecule is C#CCSc1nc2sc(C)c(-c3ccc(C)cc3)c2c(=O)[nH]1. The molecule has 0 radical (unpaired) electrons. The number of H-pyrrole nitrogens is 1. The van der Waals surface area contributed by atoms with E-state index < -0.39 is 0 Å². The second-order valence-electron chi connectivity index (χ2n) is 4.94. The minimum absolute atomic E-state index is 0.107. The summed E-state index contributed by atoms with van der Waals surface area (Å²) >= 11 is 2.91. The van der Waals surface area contributed by atoms with E-state index in [1.807, 2.05) is 26.0 Å². The van der Waals surface area contributed by atoms with E-state index in [-0.39, 0.29) is 5.56 Å². The number of nitrogens with zero attached hydrogens (tertiary/aromatic N) is 1. The molecule has 0 fully saturated rings. The molecule has 0 spiro atoms. The monoisotopic (exact) mass is 326 g/mol. The van der Waals surface area contributed by atoms with Crippen molar-refractivity contribution in [3.63, 3.8) is 0 Å². The first kappa shape index (κ1) is 14.9. The molecule has 2 aromatic heterocycles. The molecule has 5 heteroatoms. The predicted molar refractivity (Wildman–Crippen MR) is 94.7 cm³/mol. The highest BCUT2D eigenvalue weighted by Gasteiger charge is 2.16. The maximum absolute atomic E-state index is 12.5. The van der Waals surface area contributed by atoms with Crippen LogP contribution in [0.2, 0.25) is 0 Å². The van der Waals surface area contributed by atoms with Crippen molar-refractivity contribution in [3.8, 4) is 23.5 Å². The Kier molecular flexibility index (Phi) is 4.06. The number of aryl methyl sites for hydroxylation is 2. The molecule has 1 aromatic carbocycles. The smallest absolute Gasteiger partial charge is 0.260 e. The van der Waals surface area contributed by atoms with Crippen molar-refractivity contribution in [1.82, 2.24) is 9.97 Å². The summed E-state index contributed by atoms with van der Waals surface area (Å²) in [5.41, 5.74) is 3.11. The lowest BCUT2D eigenvalue weighted by Crippen LogP contribution is -2.08. The Hall–Kier alpha value is -2.03. The van der Waals surface area contributed by atoms with Gasteiger partial charge in [0.05, 0.1) is 11.1 Å². The first-order valence-corrected chi connectivity index (χ1v) is 8.57. The molecule has 3 rings (SSSR count). The first-order chi connectivity index (χ1) is 10.6. The van der Waals surface area contributed by atoms with Gasteiger partial charge in [0.1, 0.15) is 4.83 Å². The average molecular weight is 326 g/mol. The highest BCUT2D eigenvalue weighted by Crippen LogP contribution is 2.36. The number of nitrogens with one attached hydrogen (secondary N) is 1. The van der Waals surface area contributed by atoms with Gasteiger partial charge < -0.3 is 4.98 Å². The lowest BCUT2D eigenvalue weighted by molar-refractivity contribution is 0.983. The number of thiophene rings is 1. The number of terminal acetylenes is 1. The fourth-order valence-corrected chi connectivity index (χ4v) is 3.99. The van der Waals surface area contributed by atoms with Crippen molar-refractivity contribution < 1.29 is 0 Å². The zero-order valence-electron chi connectivity index (χ0n) is 12.3. The standard InChI is InChI=1S/C17H14N2OS2/c1-4-9-21-17-18-15(20)14-13(11(3)22-16(14)19-17)12-7-5-10(2)6-8-12/h1,5-8H,9H2,2-3H3,(H,18,19,20). The molecule has 0 amide bonds. The van der Waals surface area contributed by atoms with Gasteiger partial charge in [-0.2, -0.15) is 0 Å². The van der Waals surface area contributed by atoms with E-state index >= 15 is 0 Å². The second kappa shape index (κ2) is 5.99. The average Bonchev–Trinajstić information content (AvgIpc) is 2.82. The fraction of sp³-hybridized carbons (Fsp3) is 0.176. The van der Waals surface area contributed by atoms with Gasteiger partial charge in [0, 0.05) is 10.4 Å². The molecule has 0 aliphatic rings. The topological polar surface area (TPSA) is 45.8 Å². The number of fused-ring (bicyclic) bond motifs is 1. The molecule has 0 saturated heterocycles. The van der Waals surface area contributed by atoms with Gasteiger partial charge in [-0.1, -0.05) is 47.5 Å². The Balaban J connectivity index is 2.20. The van der Waals surface area contributed by atoms with Gasteiger partial charge in [0.25, 0.3) is 5.56 Å². The summed E-state index contributed by atoms with van der Waals surface area (Å²) in [6, 6.07) is 8.20. The van der Waals surface area contributed by atoms with Gasteiger partial charge in [0.2, 0.25) is 0 Å². The summed E-state index contributed by atoms with van der Waals surface area (Å²) in [5.74, 6) is 3.03. The van der Waals surface area contributed by atoms with Crippen molar-refractivity contribution >= 4 is 33.3 Å². The maximum Gasteiger partial charge on any atom is 0.260 e. The van der Waals surface area contributed by atoms with Crippen molar-refractivity contribution in [2.45, 2.75) is 19.0 Å². The normalized spacial score (nSPS) is 10.8. The summed E-state index contributed by atoms with van der Waals surface area (Å²) in [4.78, 5) is 21.7. The molecule has 0 saturated carbocycles. The van der Waals surface area contributed by atoms with Crippen LogP contribution in [-0.2, 0) is 0 Å². The third kappa shape index (κ3) is 2.68. The van der Waals surface area contributed by atoms with Crippen LogP contribution < -0.4 is 5.56 Å². The summed E-state index contributed by atoms with van der Waals surface area (Å²) in [7, 11) is 0. The lowest BCUT2D eigenvalue weighted by atomic mass is 10.0. The van der Waals surface area contributed by atoms with Crippen LogP contribution in [-0.4, -0.2) is 15.7 Å². The van der Waals surface area contributed by atoms with Crippen LogP contribution in [0.25, 0.3) is 21.3 Å². The van der Waals surface area contributed by atoms with Gasteiger partial charge in [0.15, 0.2) is 5.16 Å². The molecule has 0 aliphatic carbocycles. The van der Waals surface area contributed by atoms with E-state index in [0.29, 0.717) is 16.3 Å². The molecule has 3 aromatic rings. The maximum atomic E-state index is 12.5. The molecule has 22 heavy (non-hydrogen) atoms. The van der Waals surface area contributed by atoms with Crippen molar-refractivity contribution in [3.05, 3.63) is 45.1 Å². The quantitative estimate of drug-likeness (QED) is 0.450. The molecule has 2 heterocycles. The van der Waals surface area contributed by atoms with Crippen LogP contribution in [0.3, 0.4) is 0 Å². The van der Waals surface area contributed by atoms with Crippen LogP contribution in [0.1, 0.15) is 10.4 Å². The van der Waals surface area contributed by atoms with Gasteiger partial charge in [-0.3, -0.25) is 4.79 Å². The number of hydrogen-bond donors (Lipinski definition) is 1. The van der Waals surface area contributed by atoms with E-state index in [0.717, 1.165) is 20.8 Å². The third-order valence-corrected chi connectivity index (χ3v) is 5.13. The molecular formula is C17H14N2OS2. The number of aromatic nitrogens is 2. The summed E-state index contributed by atoms with van der Waals surface area (Å²) in [6.07, 6.45) is 5.26. The van der Waals surface area contributed by atoms with Gasteiger partial charge in [-0.05, 0) is 19.4 Å². The minimum atomic E-state index is -0.107. The van der Waals surface area contributed by atoms with Crippen LogP contribution in [0.15, 0.2) is 34.2 Å². The van der Waals surface area contributed by atoms with Crippen molar-refractivity contribution in [2.24, 2.45) is 0 Å². The highest BCUT2D eigenvalue weighted by molar-refractivity contribution is 7.99. The zero-order chi connectivity index (χ0) is 15.7. The Labute approximate surface area is 136 Å². The van der Waals surface area contributed by atoms with Crippen LogP contribution in [0.5, 0.6) is 0 Å². The molecule has 3 nitrogen and oxygen atoms in total. The number of hydrogen-bond acceptors (Lipinski definition) is 4. The third-order valence-electron chi connectivity index (χ3n) is 3.35. The van der Waals surface area contributed by atoms with Crippen LogP contribution in [0, 0.1) is 26.2 Å². The number of benzene rings is 1. The largest absolute Gasteiger partial charge is 0.301 e. The van der Waals surface area contributed by atoms with Gasteiger partial charge in [-0.15, -0.1) is 17.8 Å². The number of thioether (sulfide) groups is 1. The molecule has 1 N–H and O–H groups in total. The van der Waals surface area contributed by atoms with Gasteiger partial charge in [-0.25, -0.2) is 4.98 Å². The van der Waals surface area contributed by atoms with E-state index in [9.17, 15) is 4.79 Å². The first-order valence-electron chi connectivity index (χ1n) is 6.77. The number of aromatic amines is 1. The Morgan fingerprint density at radius 1 is 1.32 bits per heavy atom. The number of rotatable bonds is 3. The summed E-state index contributed by atoms with van der Waals surface area (Å²) < 4.78 is 0. The van der Waals surface area contributed by atoms with Crippen molar-refractivity contribution in [1.29, 1.82) is 0 Å². The Morgan fingerprint density at radius 2 is 2.05 bits per heavy atom. The Morgan fingerprint density at radius 3 is 2.73 bits per heavy atom. The molecule has 0 aliphatic heterocycles. The van der Waals surface area contributed by atoms with E-state index in [2.05, 4.69) is 28.0 Å². The summed E-state index contributed by atoms with van der Waals surface area (Å²) in [6.45, 7) is 4.07. The molecule has 0 unspecified atom stereocenters. The van der Waals surface area contributed by atoms with E-state index in [1.165, 1.54) is 17.3 Å². The lowest BCUT2D eigenvalue weighted by Gasteiger charge is -2.03. The highest BCUT2D eigenvalue weighted by atomic mass is 32.2. The van der Waals surface area contributed by atoms with E-state index in [1.54, 1.807) is 11.3 Å². The minimum Gasteiger partial charge on any atom is -0.301 e.